The molecule has 0 aliphatic heterocycles. The second kappa shape index (κ2) is 7.90. The summed E-state index contributed by atoms with van der Waals surface area (Å²) in [5.41, 5.74) is 0.159. The average Bonchev–Trinajstić information content (AvgIpc) is 2.40. The fourth-order valence-corrected chi connectivity index (χ4v) is 1.69. The quantitative estimate of drug-likeness (QED) is 0.620. The first kappa shape index (κ1) is 19.6. The minimum absolute atomic E-state index is 0.437. The Hall–Kier alpha value is -2.43. The van der Waals surface area contributed by atoms with Gasteiger partial charge in [-0.2, -0.15) is 0 Å². The van der Waals surface area contributed by atoms with Crippen LogP contribution in [0.3, 0.4) is 0 Å². The molecule has 5 nitrogen and oxygen atoms in total. The number of carbonyl (C=O) groups excluding carboxylic acids is 2. The Bertz CT molecular complexity index is 589. The molecule has 0 atom stereocenters. The van der Waals surface area contributed by atoms with E-state index in [0.29, 0.717) is 11.3 Å². The van der Waals surface area contributed by atoms with Crippen molar-refractivity contribution in [2.75, 3.05) is 0 Å². The number of rotatable bonds is 4. The van der Waals surface area contributed by atoms with E-state index in [1.54, 1.807) is 72.0 Å². The average molecular weight is 331 g/mol. The van der Waals surface area contributed by atoms with E-state index >= 15 is 0 Å². The Morgan fingerprint density at radius 3 is 1.92 bits per heavy atom. The zero-order valence-electron chi connectivity index (χ0n) is 15.1. The third-order valence-corrected chi connectivity index (χ3v) is 2.46. The third-order valence-electron chi connectivity index (χ3n) is 2.46. The first-order valence-electron chi connectivity index (χ1n) is 7.73. The molecule has 0 saturated carbocycles. The van der Waals surface area contributed by atoms with Crippen molar-refractivity contribution in [3.05, 3.63) is 41.7 Å². The minimum Gasteiger partial charge on any atom is -0.457 e. The lowest BCUT2D eigenvalue weighted by Crippen LogP contribution is -2.22. The molecule has 0 aliphatic carbocycles. The van der Waals surface area contributed by atoms with Crippen molar-refractivity contribution in [1.82, 2.24) is 4.98 Å². The molecule has 1 aromatic heterocycles. The van der Waals surface area contributed by atoms with Crippen LogP contribution in [-0.2, 0) is 19.1 Å². The smallest absolute Gasteiger partial charge is 0.331 e. The number of ether oxygens (including phenoxy) is 2. The molecule has 1 aromatic rings. The van der Waals surface area contributed by atoms with E-state index < -0.39 is 23.1 Å². The van der Waals surface area contributed by atoms with E-state index in [2.05, 4.69) is 4.98 Å². The number of carbonyl (C=O) groups is 2. The van der Waals surface area contributed by atoms with Crippen molar-refractivity contribution in [1.29, 1.82) is 0 Å². The van der Waals surface area contributed by atoms with Crippen LogP contribution >= 0.6 is 0 Å². The van der Waals surface area contributed by atoms with Crippen LogP contribution in [0.1, 0.15) is 52.8 Å². The van der Waals surface area contributed by atoms with E-state index in [9.17, 15) is 9.59 Å². The van der Waals surface area contributed by atoms with E-state index in [0.717, 1.165) is 0 Å². The van der Waals surface area contributed by atoms with Crippen LogP contribution in [0.5, 0.6) is 0 Å². The molecule has 24 heavy (non-hydrogen) atoms. The number of pyridine rings is 1. The summed E-state index contributed by atoms with van der Waals surface area (Å²) < 4.78 is 10.4. The molecule has 0 radical (unpaired) electrons. The molecule has 0 aromatic carbocycles. The topological polar surface area (TPSA) is 65.5 Å². The summed E-state index contributed by atoms with van der Waals surface area (Å²) in [4.78, 5) is 27.7. The van der Waals surface area contributed by atoms with Gasteiger partial charge in [0.15, 0.2) is 0 Å². The van der Waals surface area contributed by atoms with Crippen molar-refractivity contribution < 1.29 is 19.1 Å². The zero-order valence-corrected chi connectivity index (χ0v) is 15.1. The monoisotopic (exact) mass is 331 g/mol. The fourth-order valence-electron chi connectivity index (χ4n) is 1.69. The number of hydrogen-bond acceptors (Lipinski definition) is 5. The summed E-state index contributed by atoms with van der Waals surface area (Å²) in [6, 6.07) is 3.54. The lowest BCUT2D eigenvalue weighted by molar-refractivity contribution is -0.149. The standard InChI is InChI=1S/C19H25NO4/c1-18(2,3)23-16(21)11-9-14-8-7-13-20-15(14)10-12-17(22)24-19(4,5)6/h7-13H,1-6H3/b11-9+,12-10+. The highest BCUT2D eigenvalue weighted by Crippen LogP contribution is 2.13. The Labute approximate surface area is 143 Å². The highest BCUT2D eigenvalue weighted by atomic mass is 16.6. The Kier molecular flexibility index (Phi) is 6.46. The predicted octanol–water partition coefficient (Wildman–Crippen LogP) is 3.79. The molecular weight excluding hydrogens is 306 g/mol. The molecule has 5 heteroatoms. The van der Waals surface area contributed by atoms with Gasteiger partial charge in [-0.1, -0.05) is 6.07 Å². The van der Waals surface area contributed by atoms with Gasteiger partial charge < -0.3 is 9.47 Å². The van der Waals surface area contributed by atoms with Crippen LogP contribution in [0, 0.1) is 0 Å². The first-order chi connectivity index (χ1) is 11.0. The Morgan fingerprint density at radius 1 is 0.917 bits per heavy atom. The lowest BCUT2D eigenvalue weighted by atomic mass is 10.1. The van der Waals surface area contributed by atoms with Gasteiger partial charge in [0.1, 0.15) is 11.2 Å². The van der Waals surface area contributed by atoms with Crippen LogP contribution in [0.15, 0.2) is 30.5 Å². The van der Waals surface area contributed by atoms with E-state index in [-0.39, 0.29) is 0 Å². The van der Waals surface area contributed by atoms with Crippen molar-refractivity contribution in [3.8, 4) is 0 Å². The lowest BCUT2D eigenvalue weighted by Gasteiger charge is -2.18. The van der Waals surface area contributed by atoms with Crippen molar-refractivity contribution >= 4 is 24.1 Å². The van der Waals surface area contributed by atoms with Gasteiger partial charge in [-0.25, -0.2) is 9.59 Å². The summed E-state index contributed by atoms with van der Waals surface area (Å²) in [6.07, 6.45) is 7.43. The summed E-state index contributed by atoms with van der Waals surface area (Å²) >= 11 is 0. The van der Waals surface area contributed by atoms with Crippen LogP contribution in [0.2, 0.25) is 0 Å². The fraction of sp³-hybridized carbons (Fsp3) is 0.421. The number of hydrogen-bond donors (Lipinski definition) is 0. The van der Waals surface area contributed by atoms with Gasteiger partial charge in [-0.3, -0.25) is 4.98 Å². The van der Waals surface area contributed by atoms with Crippen molar-refractivity contribution in [3.63, 3.8) is 0 Å². The van der Waals surface area contributed by atoms with Crippen LogP contribution in [0.4, 0.5) is 0 Å². The molecule has 0 spiro atoms. The zero-order chi connectivity index (χ0) is 18.4. The van der Waals surface area contributed by atoms with E-state index in [1.165, 1.54) is 12.2 Å². The maximum Gasteiger partial charge on any atom is 0.331 e. The maximum absolute atomic E-state index is 11.7. The predicted molar refractivity (Wildman–Crippen MR) is 94.0 cm³/mol. The van der Waals surface area contributed by atoms with Gasteiger partial charge in [-0.15, -0.1) is 0 Å². The molecule has 1 heterocycles. The van der Waals surface area contributed by atoms with Crippen LogP contribution in [0.25, 0.3) is 12.2 Å². The van der Waals surface area contributed by atoms with Crippen LogP contribution < -0.4 is 0 Å². The first-order valence-corrected chi connectivity index (χ1v) is 7.73. The Morgan fingerprint density at radius 2 is 1.42 bits per heavy atom. The molecule has 0 N–H and O–H groups in total. The summed E-state index contributed by atoms with van der Waals surface area (Å²) in [5.74, 6) is -0.886. The normalized spacial score (nSPS) is 12.6. The molecule has 0 fully saturated rings. The van der Waals surface area contributed by atoms with Crippen molar-refractivity contribution in [2.45, 2.75) is 52.7 Å². The summed E-state index contributed by atoms with van der Waals surface area (Å²) in [7, 11) is 0. The van der Waals surface area contributed by atoms with Gasteiger partial charge in [0, 0.05) is 23.9 Å². The second-order valence-corrected chi connectivity index (χ2v) is 7.21. The molecule has 0 aliphatic rings. The van der Waals surface area contributed by atoms with E-state index in [1.807, 2.05) is 0 Å². The molecule has 0 saturated heterocycles. The van der Waals surface area contributed by atoms with Gasteiger partial charge in [0.25, 0.3) is 0 Å². The molecular formula is C19H25NO4. The third kappa shape index (κ3) is 8.27. The van der Waals surface area contributed by atoms with E-state index in [4.69, 9.17) is 9.47 Å². The number of aromatic nitrogens is 1. The highest BCUT2D eigenvalue weighted by molar-refractivity contribution is 5.90. The molecule has 0 unspecified atom stereocenters. The van der Waals surface area contributed by atoms with Gasteiger partial charge >= 0.3 is 11.9 Å². The molecule has 1 rings (SSSR count). The summed E-state index contributed by atoms with van der Waals surface area (Å²) in [5, 5.41) is 0. The number of nitrogens with zero attached hydrogens (tertiary/aromatic N) is 1. The van der Waals surface area contributed by atoms with Gasteiger partial charge in [0.05, 0.1) is 5.69 Å². The molecule has 130 valence electrons. The Balaban J connectivity index is 2.85. The maximum atomic E-state index is 11.7. The van der Waals surface area contributed by atoms with Crippen LogP contribution in [-0.4, -0.2) is 28.1 Å². The van der Waals surface area contributed by atoms with Crippen molar-refractivity contribution in [2.24, 2.45) is 0 Å². The SMILES string of the molecule is CC(C)(C)OC(=O)/C=C/c1cccnc1/C=C/C(=O)OC(C)(C)C. The largest absolute Gasteiger partial charge is 0.457 e. The second-order valence-electron chi connectivity index (χ2n) is 7.21. The molecule has 0 amide bonds. The minimum atomic E-state index is -0.551. The molecule has 0 bridgehead atoms. The van der Waals surface area contributed by atoms with Gasteiger partial charge in [-0.05, 0) is 59.8 Å². The highest BCUT2D eigenvalue weighted by Gasteiger charge is 2.15. The summed E-state index contributed by atoms with van der Waals surface area (Å²) in [6.45, 7) is 10.8. The number of esters is 2. The van der Waals surface area contributed by atoms with Gasteiger partial charge in [0.2, 0.25) is 0 Å².